The first-order valence-corrected chi connectivity index (χ1v) is 8.54. The van der Waals surface area contributed by atoms with E-state index >= 15 is 0 Å². The molecule has 25 heavy (non-hydrogen) atoms. The second-order valence-electron chi connectivity index (χ2n) is 5.48. The smallest absolute Gasteiger partial charge is 0.387 e. The summed E-state index contributed by atoms with van der Waals surface area (Å²) in [5.74, 6) is 0.208. The molecule has 0 aliphatic carbocycles. The summed E-state index contributed by atoms with van der Waals surface area (Å²) >= 11 is 0. The van der Waals surface area contributed by atoms with Crippen LogP contribution in [0.1, 0.15) is 12.1 Å². The van der Waals surface area contributed by atoms with Gasteiger partial charge >= 0.3 is 13.5 Å². The fraction of sp³-hybridized carbons (Fsp3) is 0.545. The maximum atomic E-state index is 12.2. The van der Waals surface area contributed by atoms with Crippen molar-refractivity contribution < 1.29 is 33.8 Å². The Labute approximate surface area is 138 Å². The number of phosphoric acid groups is 1. The number of nitrogens with zero attached hydrogens (tertiary/aromatic N) is 2. The largest absolute Gasteiger partial charge is 0.469 e. The number of rotatable bonds is 4. The van der Waals surface area contributed by atoms with Crippen LogP contribution in [0.25, 0.3) is 11.2 Å². The van der Waals surface area contributed by atoms with E-state index in [1.165, 1.54) is 6.92 Å². The second kappa shape index (κ2) is 6.14. The molecule has 13 nitrogen and oxygen atoms in total. The molecule has 1 saturated heterocycles. The number of hydrogen-bond acceptors (Lipinski definition) is 8. The molecule has 3 heterocycles. The van der Waals surface area contributed by atoms with Crippen LogP contribution < -0.4 is 11.2 Å². The van der Waals surface area contributed by atoms with Crippen LogP contribution >= 0.6 is 7.82 Å². The molecule has 1 fully saturated rings. The molecule has 0 amide bonds. The summed E-state index contributed by atoms with van der Waals surface area (Å²) in [5, 5.41) is 20.1. The molecule has 2 aromatic heterocycles. The molecule has 0 bridgehead atoms. The topological polar surface area (TPSA) is 200 Å². The summed E-state index contributed by atoms with van der Waals surface area (Å²) in [6.07, 6.45) is -5.96. The summed E-state index contributed by atoms with van der Waals surface area (Å²) < 4.78 is 21.2. The number of imidazole rings is 1. The zero-order chi connectivity index (χ0) is 18.5. The van der Waals surface area contributed by atoms with Crippen molar-refractivity contribution in [1.29, 1.82) is 0 Å². The van der Waals surface area contributed by atoms with Crippen molar-refractivity contribution in [2.75, 3.05) is 6.61 Å². The van der Waals surface area contributed by atoms with E-state index in [2.05, 4.69) is 19.5 Å². The molecule has 0 radical (unpaired) electrons. The number of aliphatic hydroxyl groups is 2. The van der Waals surface area contributed by atoms with E-state index in [1.807, 2.05) is 0 Å². The van der Waals surface area contributed by atoms with Crippen molar-refractivity contribution in [3.05, 3.63) is 26.7 Å². The van der Waals surface area contributed by atoms with Gasteiger partial charge in [0, 0.05) is 0 Å². The number of aliphatic hydroxyl groups excluding tert-OH is 2. The summed E-state index contributed by atoms with van der Waals surface area (Å²) in [5.41, 5.74) is -1.66. The molecule has 2 aromatic rings. The van der Waals surface area contributed by atoms with Crippen LogP contribution in [0.5, 0.6) is 0 Å². The third-order valence-corrected chi connectivity index (χ3v) is 4.18. The number of fused-ring (bicyclic) bond motifs is 1. The lowest BCUT2D eigenvalue weighted by molar-refractivity contribution is -0.0517. The first-order valence-electron chi connectivity index (χ1n) is 7.01. The van der Waals surface area contributed by atoms with Gasteiger partial charge in [-0.3, -0.25) is 14.3 Å². The van der Waals surface area contributed by atoms with E-state index in [0.29, 0.717) is 0 Å². The molecule has 0 spiro atoms. The fourth-order valence-corrected chi connectivity index (χ4v) is 2.95. The molecular weight excluding hydrogens is 363 g/mol. The Morgan fingerprint density at radius 1 is 1.28 bits per heavy atom. The van der Waals surface area contributed by atoms with E-state index in [9.17, 15) is 24.4 Å². The molecule has 1 aliphatic rings. The summed E-state index contributed by atoms with van der Waals surface area (Å²) in [4.78, 5) is 50.1. The van der Waals surface area contributed by atoms with Gasteiger partial charge < -0.3 is 29.7 Å². The van der Waals surface area contributed by atoms with Gasteiger partial charge in [0.1, 0.15) is 24.1 Å². The Bertz CT molecular complexity index is 959. The number of hydrogen-bond donors (Lipinski definition) is 6. The number of aromatic nitrogens is 4. The van der Waals surface area contributed by atoms with Crippen LogP contribution in [0.15, 0.2) is 9.59 Å². The average Bonchev–Trinajstić information content (AvgIpc) is 2.95. The number of H-pyrrole nitrogens is 2. The van der Waals surface area contributed by atoms with Crippen molar-refractivity contribution in [3.63, 3.8) is 0 Å². The normalized spacial score (nSPS) is 27.2. The zero-order valence-electron chi connectivity index (χ0n) is 12.7. The van der Waals surface area contributed by atoms with Gasteiger partial charge in [-0.25, -0.2) is 18.9 Å². The van der Waals surface area contributed by atoms with Crippen LogP contribution in [-0.2, 0) is 13.8 Å². The SMILES string of the molecule is Cc1nc2c([nH]c(=O)n2[C@@H]2O[C@H](COP(=O)(O)O)[C@@H](O)[C@H]2O)c(=O)[nH]1. The minimum absolute atomic E-state index is 0.0981. The molecule has 6 N–H and O–H groups in total. The summed E-state index contributed by atoms with van der Waals surface area (Å²) in [7, 11) is -4.81. The third kappa shape index (κ3) is 3.30. The monoisotopic (exact) mass is 378 g/mol. The number of phosphoric ester groups is 1. The molecule has 14 heteroatoms. The Balaban J connectivity index is 1.98. The standard InChI is InChI=1S/C11H15N4O9P/c1-3-12-8-5(9(18)13-3)14-11(19)15(8)10-7(17)6(16)4(24-10)2-23-25(20,21)22/h4,6-7,10,16-17H,2H2,1H3,(H,14,19)(H,12,13,18)(H2,20,21,22)/t4-,6-,7-,10-/m1/s1. The minimum Gasteiger partial charge on any atom is -0.387 e. The van der Waals surface area contributed by atoms with Crippen molar-refractivity contribution >= 4 is 19.0 Å². The average molecular weight is 378 g/mol. The quantitative estimate of drug-likeness (QED) is 0.308. The molecule has 138 valence electrons. The van der Waals surface area contributed by atoms with Crippen LogP contribution in [0.4, 0.5) is 0 Å². The zero-order valence-corrected chi connectivity index (χ0v) is 13.6. The summed E-state index contributed by atoms with van der Waals surface area (Å²) in [6, 6.07) is 0. The van der Waals surface area contributed by atoms with Crippen molar-refractivity contribution in [2.24, 2.45) is 0 Å². The maximum absolute atomic E-state index is 12.2. The molecule has 0 unspecified atom stereocenters. The van der Waals surface area contributed by atoms with Crippen molar-refractivity contribution in [1.82, 2.24) is 19.5 Å². The molecule has 3 rings (SSSR count). The number of aryl methyl sites for hydroxylation is 1. The van der Waals surface area contributed by atoms with Crippen LogP contribution in [-0.4, -0.2) is 64.4 Å². The Kier molecular flexibility index (Phi) is 4.41. The lowest BCUT2D eigenvalue weighted by atomic mass is 10.1. The molecular formula is C11H15N4O9P. The van der Waals surface area contributed by atoms with Gasteiger partial charge in [-0.15, -0.1) is 0 Å². The van der Waals surface area contributed by atoms with Crippen LogP contribution in [0, 0.1) is 6.92 Å². The van der Waals surface area contributed by atoms with Gasteiger partial charge in [-0.05, 0) is 6.92 Å². The lowest BCUT2D eigenvalue weighted by Gasteiger charge is -2.15. The van der Waals surface area contributed by atoms with E-state index in [-0.39, 0.29) is 17.0 Å². The highest BCUT2D eigenvalue weighted by molar-refractivity contribution is 7.46. The number of ether oxygens (including phenoxy) is 1. The second-order valence-corrected chi connectivity index (χ2v) is 6.72. The lowest BCUT2D eigenvalue weighted by Crippen LogP contribution is -2.35. The van der Waals surface area contributed by atoms with E-state index in [4.69, 9.17) is 14.5 Å². The fourth-order valence-electron chi connectivity index (χ4n) is 2.61. The molecule has 0 aromatic carbocycles. The van der Waals surface area contributed by atoms with Gasteiger partial charge in [0.2, 0.25) is 0 Å². The van der Waals surface area contributed by atoms with Gasteiger partial charge in [0.25, 0.3) is 5.56 Å². The predicted octanol–water partition coefficient (Wildman–Crippen LogP) is -2.55. The Morgan fingerprint density at radius 3 is 2.60 bits per heavy atom. The highest BCUT2D eigenvalue weighted by atomic mass is 31.2. The number of aromatic amines is 2. The minimum atomic E-state index is -4.81. The number of nitrogens with one attached hydrogen (secondary N) is 2. The highest BCUT2D eigenvalue weighted by Gasteiger charge is 2.46. The molecule has 1 aliphatic heterocycles. The maximum Gasteiger partial charge on any atom is 0.469 e. The molecule has 0 saturated carbocycles. The van der Waals surface area contributed by atoms with E-state index in [0.717, 1.165) is 4.57 Å². The van der Waals surface area contributed by atoms with Gasteiger partial charge in [0.05, 0.1) is 6.61 Å². The van der Waals surface area contributed by atoms with Crippen LogP contribution in [0.2, 0.25) is 0 Å². The van der Waals surface area contributed by atoms with Gasteiger partial charge in [-0.1, -0.05) is 0 Å². The van der Waals surface area contributed by atoms with E-state index in [1.54, 1.807) is 0 Å². The Morgan fingerprint density at radius 2 is 1.96 bits per heavy atom. The third-order valence-electron chi connectivity index (χ3n) is 3.70. The Hall–Kier alpha value is -1.86. The predicted molar refractivity (Wildman–Crippen MR) is 79.6 cm³/mol. The first kappa shape index (κ1) is 17.9. The van der Waals surface area contributed by atoms with Crippen molar-refractivity contribution in [3.8, 4) is 0 Å². The first-order chi connectivity index (χ1) is 11.6. The van der Waals surface area contributed by atoms with E-state index < -0.39 is 50.2 Å². The van der Waals surface area contributed by atoms with Gasteiger partial charge in [-0.2, -0.15) is 0 Å². The molecule has 4 atom stereocenters. The summed E-state index contributed by atoms with van der Waals surface area (Å²) in [6.45, 7) is 0.767. The van der Waals surface area contributed by atoms with Crippen LogP contribution in [0.3, 0.4) is 0 Å². The van der Waals surface area contributed by atoms with Crippen molar-refractivity contribution in [2.45, 2.75) is 31.5 Å². The highest BCUT2D eigenvalue weighted by Crippen LogP contribution is 2.38. The van der Waals surface area contributed by atoms with Gasteiger partial charge in [0.15, 0.2) is 17.4 Å².